The first kappa shape index (κ1) is 22.4. The first-order chi connectivity index (χ1) is 15.4. The molecule has 0 spiro atoms. The van der Waals surface area contributed by atoms with E-state index in [1.54, 1.807) is 0 Å². The van der Waals surface area contributed by atoms with Crippen LogP contribution in [0.1, 0.15) is 46.5 Å². The van der Waals surface area contributed by atoms with E-state index in [2.05, 4.69) is 34.6 Å². The van der Waals surface area contributed by atoms with E-state index in [1.165, 1.54) is 41.3 Å². The molecule has 4 rings (SSSR count). The minimum Gasteiger partial charge on any atom is -0.485 e. The molecule has 2 aromatic carbocycles. The highest BCUT2D eigenvalue weighted by molar-refractivity contribution is 7.99. The lowest BCUT2D eigenvalue weighted by molar-refractivity contribution is -0.113. The van der Waals surface area contributed by atoms with Crippen LogP contribution in [0.5, 0.6) is 5.75 Å². The van der Waals surface area contributed by atoms with Crippen LogP contribution in [0.2, 0.25) is 0 Å². The number of anilines is 1. The second kappa shape index (κ2) is 9.77. The van der Waals surface area contributed by atoms with Crippen molar-refractivity contribution < 1.29 is 9.53 Å². The zero-order chi connectivity index (χ0) is 22.7. The van der Waals surface area contributed by atoms with E-state index in [9.17, 15) is 4.79 Å². The molecule has 168 valence electrons. The third kappa shape index (κ3) is 4.83. The Labute approximate surface area is 193 Å². The smallest absolute Gasteiger partial charge is 0.234 e. The number of thioether (sulfide) groups is 1. The zero-order valence-corrected chi connectivity index (χ0v) is 20.0. The lowest BCUT2D eigenvalue weighted by Gasteiger charge is -2.20. The second-order valence-corrected chi connectivity index (χ2v) is 9.33. The van der Waals surface area contributed by atoms with Crippen molar-refractivity contribution in [2.24, 2.45) is 7.05 Å². The number of rotatable bonds is 7. The summed E-state index contributed by atoms with van der Waals surface area (Å²) in [5.41, 5.74) is 7.13. The predicted molar refractivity (Wildman–Crippen MR) is 128 cm³/mol. The molecule has 0 atom stereocenters. The van der Waals surface area contributed by atoms with Crippen molar-refractivity contribution in [3.63, 3.8) is 0 Å². The van der Waals surface area contributed by atoms with Gasteiger partial charge in [0, 0.05) is 12.7 Å². The van der Waals surface area contributed by atoms with Crippen LogP contribution in [0, 0.1) is 20.8 Å². The molecule has 7 heteroatoms. The number of fused-ring (bicyclic) bond motifs is 1. The number of para-hydroxylation sites is 1. The van der Waals surface area contributed by atoms with Crippen LogP contribution in [-0.4, -0.2) is 26.4 Å². The Morgan fingerprint density at radius 1 is 1.09 bits per heavy atom. The maximum Gasteiger partial charge on any atom is 0.234 e. The van der Waals surface area contributed by atoms with Gasteiger partial charge in [0.05, 0.1) is 5.75 Å². The Morgan fingerprint density at radius 3 is 2.62 bits per heavy atom. The largest absolute Gasteiger partial charge is 0.485 e. The van der Waals surface area contributed by atoms with Gasteiger partial charge in [-0.05, 0) is 80.3 Å². The number of hydrogen-bond acceptors (Lipinski definition) is 5. The molecule has 32 heavy (non-hydrogen) atoms. The molecular weight excluding hydrogens is 420 g/mol. The summed E-state index contributed by atoms with van der Waals surface area (Å²) >= 11 is 1.37. The number of amides is 1. The fourth-order valence-electron chi connectivity index (χ4n) is 4.20. The zero-order valence-electron chi connectivity index (χ0n) is 19.2. The minimum atomic E-state index is -0.0575. The molecule has 1 aromatic heterocycles. The normalized spacial score (nSPS) is 13.0. The highest BCUT2D eigenvalue weighted by atomic mass is 32.2. The number of nitrogens with zero attached hydrogens (tertiary/aromatic N) is 3. The van der Waals surface area contributed by atoms with E-state index >= 15 is 0 Å². The Morgan fingerprint density at radius 2 is 1.84 bits per heavy atom. The van der Waals surface area contributed by atoms with Crippen LogP contribution in [0.25, 0.3) is 0 Å². The van der Waals surface area contributed by atoms with Gasteiger partial charge in [-0.25, -0.2) is 0 Å². The van der Waals surface area contributed by atoms with Crippen LogP contribution < -0.4 is 10.1 Å². The Bertz CT molecular complexity index is 1120. The first-order valence-corrected chi connectivity index (χ1v) is 12.0. The second-order valence-electron chi connectivity index (χ2n) is 8.38. The average molecular weight is 451 g/mol. The fraction of sp³-hybridized carbons (Fsp3) is 0.400. The van der Waals surface area contributed by atoms with Crippen LogP contribution in [-0.2, 0) is 31.3 Å². The lowest BCUT2D eigenvalue weighted by atomic mass is 9.88. The number of carbonyl (C=O) groups is 1. The molecule has 0 bridgehead atoms. The summed E-state index contributed by atoms with van der Waals surface area (Å²) < 4.78 is 8.00. The van der Waals surface area contributed by atoms with Gasteiger partial charge in [-0.1, -0.05) is 36.0 Å². The van der Waals surface area contributed by atoms with E-state index in [0.29, 0.717) is 11.8 Å². The van der Waals surface area contributed by atoms with E-state index in [1.807, 2.05) is 43.7 Å². The third-order valence-electron chi connectivity index (χ3n) is 6.13. The highest BCUT2D eigenvalue weighted by Crippen LogP contribution is 2.31. The van der Waals surface area contributed by atoms with Crippen molar-refractivity contribution in [3.8, 4) is 5.75 Å². The molecule has 0 saturated heterocycles. The number of carbonyl (C=O) groups excluding carboxylic acids is 1. The summed E-state index contributed by atoms with van der Waals surface area (Å²) in [4.78, 5) is 12.5. The van der Waals surface area contributed by atoms with Gasteiger partial charge in [-0.2, -0.15) is 0 Å². The molecule has 1 N–H and O–H groups in total. The maximum absolute atomic E-state index is 12.5. The third-order valence-corrected chi connectivity index (χ3v) is 7.15. The predicted octanol–water partition coefficient (Wildman–Crippen LogP) is 4.93. The molecule has 0 fully saturated rings. The molecule has 0 unspecified atom stereocenters. The molecule has 0 radical (unpaired) electrons. The maximum atomic E-state index is 12.5. The molecule has 3 aromatic rings. The molecular formula is C25H30N4O2S. The highest BCUT2D eigenvalue weighted by Gasteiger charge is 2.16. The molecule has 1 aliphatic rings. The van der Waals surface area contributed by atoms with Gasteiger partial charge in [0.1, 0.15) is 12.4 Å². The van der Waals surface area contributed by atoms with Crippen LogP contribution in [0.3, 0.4) is 0 Å². The van der Waals surface area contributed by atoms with E-state index < -0.39 is 0 Å². The van der Waals surface area contributed by atoms with E-state index in [4.69, 9.17) is 4.74 Å². The van der Waals surface area contributed by atoms with Crippen LogP contribution in [0.4, 0.5) is 5.69 Å². The first-order valence-electron chi connectivity index (χ1n) is 11.1. The monoisotopic (exact) mass is 450 g/mol. The summed E-state index contributed by atoms with van der Waals surface area (Å²) in [5, 5.41) is 12.2. The van der Waals surface area contributed by atoms with Gasteiger partial charge in [-0.3, -0.25) is 4.79 Å². The van der Waals surface area contributed by atoms with Gasteiger partial charge in [-0.15, -0.1) is 10.2 Å². The van der Waals surface area contributed by atoms with E-state index in [0.717, 1.165) is 41.2 Å². The van der Waals surface area contributed by atoms with Crippen molar-refractivity contribution in [3.05, 3.63) is 64.0 Å². The lowest BCUT2D eigenvalue weighted by Crippen LogP contribution is -2.16. The summed E-state index contributed by atoms with van der Waals surface area (Å²) in [7, 11) is 1.91. The van der Waals surface area contributed by atoms with Crippen molar-refractivity contribution in [2.75, 3.05) is 11.1 Å². The summed E-state index contributed by atoms with van der Waals surface area (Å²) in [6.45, 7) is 6.48. The number of benzene rings is 2. The number of nitrogens with one attached hydrogen (secondary N) is 1. The van der Waals surface area contributed by atoms with Crippen LogP contribution in [0.15, 0.2) is 35.5 Å². The van der Waals surface area contributed by atoms with Crippen molar-refractivity contribution in [1.82, 2.24) is 14.8 Å². The number of hydrogen-bond donors (Lipinski definition) is 1. The Balaban J connectivity index is 1.35. The van der Waals surface area contributed by atoms with Crippen molar-refractivity contribution in [2.45, 2.75) is 58.2 Å². The molecule has 1 aliphatic carbocycles. The fourth-order valence-corrected chi connectivity index (χ4v) is 4.93. The number of aryl methyl sites for hydroxylation is 3. The van der Waals surface area contributed by atoms with Gasteiger partial charge in [0.15, 0.2) is 11.0 Å². The number of aromatic nitrogens is 3. The van der Waals surface area contributed by atoms with Crippen molar-refractivity contribution >= 4 is 23.4 Å². The Hall–Kier alpha value is -2.80. The molecule has 1 heterocycles. The van der Waals surface area contributed by atoms with Gasteiger partial charge in [0.2, 0.25) is 5.91 Å². The average Bonchev–Trinajstić information content (AvgIpc) is 3.14. The summed E-state index contributed by atoms with van der Waals surface area (Å²) in [6, 6.07) is 10.3. The molecule has 0 aliphatic heterocycles. The topological polar surface area (TPSA) is 69.0 Å². The van der Waals surface area contributed by atoms with Crippen molar-refractivity contribution in [1.29, 1.82) is 0 Å². The SMILES string of the molecule is Cc1cccc(C)c1NC(=O)CSc1nnc(COc2ccc3c(c2C)CCCC3)n1C. The number of ether oxygens (including phenoxy) is 1. The standard InChI is InChI=1S/C25H30N4O2S/c1-16-8-7-9-17(2)24(16)26-23(30)15-32-25-28-27-22(29(25)4)14-31-21-13-12-19-10-5-6-11-20(19)18(21)3/h7-9,12-13H,5-6,10-11,14-15H2,1-4H3,(H,26,30). The van der Waals surface area contributed by atoms with Gasteiger partial charge < -0.3 is 14.6 Å². The van der Waals surface area contributed by atoms with Gasteiger partial charge in [0.25, 0.3) is 0 Å². The van der Waals surface area contributed by atoms with Crippen LogP contribution >= 0.6 is 11.8 Å². The summed E-state index contributed by atoms with van der Waals surface area (Å²) in [5.74, 6) is 1.86. The molecule has 1 amide bonds. The van der Waals surface area contributed by atoms with E-state index in [-0.39, 0.29) is 11.7 Å². The molecule has 6 nitrogen and oxygen atoms in total. The molecule has 0 saturated carbocycles. The van der Waals surface area contributed by atoms with Gasteiger partial charge >= 0.3 is 0 Å². The Kier molecular flexibility index (Phi) is 6.84. The minimum absolute atomic E-state index is 0.0575. The quantitative estimate of drug-likeness (QED) is 0.517. The summed E-state index contributed by atoms with van der Waals surface area (Å²) in [6.07, 6.45) is 4.82.